The highest BCUT2D eigenvalue weighted by Gasteiger charge is 2.12. The quantitative estimate of drug-likeness (QED) is 0.756. The summed E-state index contributed by atoms with van der Waals surface area (Å²) < 4.78 is 11.1. The number of fused-ring (bicyclic) bond motifs is 1. The Morgan fingerprint density at radius 3 is 2.68 bits per heavy atom. The van der Waals surface area contributed by atoms with Crippen LogP contribution in [0.25, 0.3) is 0 Å². The molecule has 0 radical (unpaired) electrons. The van der Waals surface area contributed by atoms with Crippen molar-refractivity contribution in [3.63, 3.8) is 0 Å². The summed E-state index contributed by atoms with van der Waals surface area (Å²) in [7, 11) is 0. The number of hydrogen-bond donors (Lipinski definition) is 2. The molecule has 126 valence electrons. The van der Waals surface area contributed by atoms with Crippen LogP contribution in [0.2, 0.25) is 0 Å². The monoisotopic (exact) mass is 335 g/mol. The number of ether oxygens (including phenoxy) is 2. The average molecular weight is 335 g/mol. The first-order valence-electron chi connectivity index (χ1n) is 7.97. The van der Waals surface area contributed by atoms with Gasteiger partial charge in [-0.1, -0.05) is 18.2 Å². The lowest BCUT2D eigenvalue weighted by Crippen LogP contribution is -2.15. The third-order valence-electron chi connectivity index (χ3n) is 3.76. The van der Waals surface area contributed by atoms with Gasteiger partial charge in [-0.25, -0.2) is 0 Å². The summed E-state index contributed by atoms with van der Waals surface area (Å²) in [6, 6.07) is 13.6. The van der Waals surface area contributed by atoms with E-state index in [1.807, 2.05) is 49.4 Å². The van der Waals surface area contributed by atoms with E-state index in [1.165, 1.54) is 0 Å². The molecule has 1 aromatic heterocycles. The van der Waals surface area contributed by atoms with E-state index in [2.05, 4.69) is 25.8 Å². The fourth-order valence-electron chi connectivity index (χ4n) is 2.52. The molecule has 0 fully saturated rings. The van der Waals surface area contributed by atoms with Crippen molar-refractivity contribution >= 4 is 23.1 Å². The standard InChI is InChI=1S/C18H17N5O2/c1-12-4-2-3-5-14(12)21-17-11-19-23-18(22-17)20-13-6-7-15-16(10-13)25-9-8-24-15/h2-7,10-11H,8-9H2,1H3,(H2,20,21,22,23). The van der Waals surface area contributed by atoms with Crippen LogP contribution >= 0.6 is 0 Å². The van der Waals surface area contributed by atoms with Crippen molar-refractivity contribution in [3.8, 4) is 11.5 Å². The Morgan fingerprint density at radius 1 is 0.960 bits per heavy atom. The van der Waals surface area contributed by atoms with Crippen LogP contribution in [-0.2, 0) is 0 Å². The summed E-state index contributed by atoms with van der Waals surface area (Å²) >= 11 is 0. The van der Waals surface area contributed by atoms with Crippen molar-refractivity contribution in [1.82, 2.24) is 15.2 Å². The number of aryl methyl sites for hydroxylation is 1. The number of benzene rings is 2. The molecule has 1 aliphatic rings. The van der Waals surface area contributed by atoms with Gasteiger partial charge in [0, 0.05) is 17.4 Å². The minimum atomic E-state index is 0.398. The topological polar surface area (TPSA) is 81.2 Å². The Hall–Kier alpha value is -3.35. The lowest BCUT2D eigenvalue weighted by atomic mass is 10.2. The van der Waals surface area contributed by atoms with Gasteiger partial charge in [0.25, 0.3) is 0 Å². The highest BCUT2D eigenvalue weighted by Crippen LogP contribution is 2.33. The van der Waals surface area contributed by atoms with Crippen molar-refractivity contribution in [2.45, 2.75) is 6.92 Å². The highest BCUT2D eigenvalue weighted by atomic mass is 16.6. The lowest BCUT2D eigenvalue weighted by Gasteiger charge is -2.19. The van der Waals surface area contributed by atoms with E-state index in [9.17, 15) is 0 Å². The summed E-state index contributed by atoms with van der Waals surface area (Å²) in [5, 5.41) is 14.4. The number of hydrogen-bond acceptors (Lipinski definition) is 7. The van der Waals surface area contributed by atoms with Crippen molar-refractivity contribution in [2.24, 2.45) is 0 Å². The van der Waals surface area contributed by atoms with Crippen molar-refractivity contribution in [1.29, 1.82) is 0 Å². The first-order chi connectivity index (χ1) is 12.3. The van der Waals surface area contributed by atoms with E-state index in [0.29, 0.717) is 30.7 Å². The molecule has 0 atom stereocenters. The molecular weight excluding hydrogens is 318 g/mol. The van der Waals surface area contributed by atoms with Crippen LogP contribution in [0.15, 0.2) is 48.7 Å². The molecular formula is C18H17N5O2. The van der Waals surface area contributed by atoms with Gasteiger partial charge >= 0.3 is 0 Å². The van der Waals surface area contributed by atoms with Crippen LogP contribution in [0, 0.1) is 6.92 Å². The van der Waals surface area contributed by atoms with Crippen LogP contribution in [0.3, 0.4) is 0 Å². The first kappa shape index (κ1) is 15.2. The zero-order chi connectivity index (χ0) is 17.1. The fraction of sp³-hybridized carbons (Fsp3) is 0.167. The van der Waals surface area contributed by atoms with Crippen molar-refractivity contribution < 1.29 is 9.47 Å². The highest BCUT2D eigenvalue weighted by molar-refractivity contribution is 5.63. The van der Waals surface area contributed by atoms with Gasteiger partial charge in [0.15, 0.2) is 17.3 Å². The summed E-state index contributed by atoms with van der Waals surface area (Å²) in [6.45, 7) is 3.15. The Bertz CT molecular complexity index is 900. The van der Waals surface area contributed by atoms with Crippen LogP contribution in [-0.4, -0.2) is 28.4 Å². The zero-order valence-electron chi connectivity index (χ0n) is 13.7. The third kappa shape index (κ3) is 3.45. The predicted molar refractivity (Wildman–Crippen MR) is 95.0 cm³/mol. The molecule has 2 aromatic carbocycles. The predicted octanol–water partition coefficient (Wildman–Crippen LogP) is 3.44. The Kier molecular flexibility index (Phi) is 4.04. The molecule has 0 spiro atoms. The number of nitrogens with one attached hydrogen (secondary N) is 2. The van der Waals surface area contributed by atoms with Crippen molar-refractivity contribution in [3.05, 3.63) is 54.2 Å². The van der Waals surface area contributed by atoms with E-state index in [0.717, 1.165) is 22.7 Å². The van der Waals surface area contributed by atoms with Crippen LogP contribution < -0.4 is 20.1 Å². The molecule has 0 unspecified atom stereocenters. The molecule has 7 nitrogen and oxygen atoms in total. The van der Waals surface area contributed by atoms with Gasteiger partial charge < -0.3 is 20.1 Å². The first-order valence-corrected chi connectivity index (χ1v) is 7.97. The van der Waals surface area contributed by atoms with E-state index in [1.54, 1.807) is 6.20 Å². The van der Waals surface area contributed by atoms with E-state index in [-0.39, 0.29) is 0 Å². The Labute approximate surface area is 145 Å². The molecule has 0 amide bonds. The van der Waals surface area contributed by atoms with Gasteiger partial charge in [0.2, 0.25) is 5.95 Å². The number of anilines is 4. The lowest BCUT2D eigenvalue weighted by molar-refractivity contribution is 0.171. The second-order valence-corrected chi connectivity index (χ2v) is 5.59. The number of nitrogens with zero attached hydrogens (tertiary/aromatic N) is 3. The maximum Gasteiger partial charge on any atom is 0.249 e. The van der Waals surface area contributed by atoms with Gasteiger partial charge in [0.05, 0.1) is 6.20 Å². The summed E-state index contributed by atoms with van der Waals surface area (Å²) in [5.41, 5.74) is 2.91. The maximum atomic E-state index is 5.58. The Balaban J connectivity index is 1.53. The molecule has 0 saturated carbocycles. The minimum absolute atomic E-state index is 0.398. The normalized spacial score (nSPS) is 12.5. The van der Waals surface area contributed by atoms with E-state index < -0.39 is 0 Å². The third-order valence-corrected chi connectivity index (χ3v) is 3.76. The van der Waals surface area contributed by atoms with Gasteiger partial charge in [-0.15, -0.1) is 5.10 Å². The molecule has 2 heterocycles. The molecule has 2 N–H and O–H groups in total. The van der Waals surface area contributed by atoms with Gasteiger partial charge in [0.1, 0.15) is 13.2 Å². The second kappa shape index (κ2) is 6.64. The molecule has 0 saturated heterocycles. The molecule has 25 heavy (non-hydrogen) atoms. The van der Waals surface area contributed by atoms with Crippen LogP contribution in [0.5, 0.6) is 11.5 Å². The summed E-state index contributed by atoms with van der Waals surface area (Å²) in [5.74, 6) is 2.46. The van der Waals surface area contributed by atoms with Gasteiger partial charge in [-0.05, 0) is 30.7 Å². The molecule has 0 bridgehead atoms. The molecule has 4 rings (SSSR count). The van der Waals surface area contributed by atoms with Gasteiger partial charge in [-0.2, -0.15) is 10.1 Å². The van der Waals surface area contributed by atoms with E-state index in [4.69, 9.17) is 9.47 Å². The van der Waals surface area contributed by atoms with Crippen LogP contribution in [0.4, 0.5) is 23.1 Å². The van der Waals surface area contributed by atoms with Crippen LogP contribution in [0.1, 0.15) is 5.56 Å². The SMILES string of the molecule is Cc1ccccc1Nc1cnnc(Nc2ccc3c(c2)OCCO3)n1. The van der Waals surface area contributed by atoms with E-state index >= 15 is 0 Å². The maximum absolute atomic E-state index is 5.58. The molecule has 1 aliphatic heterocycles. The largest absolute Gasteiger partial charge is 0.486 e. The average Bonchev–Trinajstić information content (AvgIpc) is 2.64. The second-order valence-electron chi connectivity index (χ2n) is 5.59. The Morgan fingerprint density at radius 2 is 1.80 bits per heavy atom. The molecule has 0 aliphatic carbocycles. The summed E-state index contributed by atoms with van der Waals surface area (Å²) in [4.78, 5) is 4.45. The molecule has 3 aromatic rings. The zero-order valence-corrected chi connectivity index (χ0v) is 13.7. The molecule has 7 heteroatoms. The number of rotatable bonds is 4. The van der Waals surface area contributed by atoms with Crippen molar-refractivity contribution in [2.75, 3.05) is 23.8 Å². The van der Waals surface area contributed by atoms with Gasteiger partial charge in [-0.3, -0.25) is 0 Å². The number of para-hydroxylation sites is 1. The summed E-state index contributed by atoms with van der Waals surface area (Å²) in [6.07, 6.45) is 1.58. The smallest absolute Gasteiger partial charge is 0.249 e. The minimum Gasteiger partial charge on any atom is -0.486 e. The fourth-order valence-corrected chi connectivity index (χ4v) is 2.52. The number of aromatic nitrogens is 3.